The highest BCUT2D eigenvalue weighted by Crippen LogP contribution is 2.34. The molecule has 0 aromatic carbocycles. The SMILES string of the molecule is Nc1nc(-c2ccc(Br)s2)c(Br)[nH]1. The summed E-state index contributed by atoms with van der Waals surface area (Å²) in [4.78, 5) is 8.12. The quantitative estimate of drug-likeness (QED) is 0.846. The Bertz CT molecular complexity index is 435. The van der Waals surface area contributed by atoms with E-state index in [0.29, 0.717) is 5.95 Å². The van der Waals surface area contributed by atoms with E-state index in [-0.39, 0.29) is 0 Å². The molecule has 13 heavy (non-hydrogen) atoms. The number of hydrogen-bond acceptors (Lipinski definition) is 3. The number of halogens is 2. The van der Waals surface area contributed by atoms with Crippen LogP contribution in [-0.2, 0) is 0 Å². The number of aromatic nitrogens is 2. The molecule has 68 valence electrons. The molecular weight excluding hydrogens is 318 g/mol. The number of H-pyrrole nitrogens is 1. The number of imidazole rings is 1. The van der Waals surface area contributed by atoms with Gasteiger partial charge in [-0.1, -0.05) is 0 Å². The maximum atomic E-state index is 5.52. The van der Waals surface area contributed by atoms with Crippen LogP contribution in [0.2, 0.25) is 0 Å². The fourth-order valence-electron chi connectivity index (χ4n) is 0.974. The maximum Gasteiger partial charge on any atom is 0.198 e. The molecule has 2 heterocycles. The number of nitrogens with two attached hydrogens (primary N) is 1. The van der Waals surface area contributed by atoms with E-state index in [0.717, 1.165) is 19.0 Å². The van der Waals surface area contributed by atoms with Crippen LogP contribution in [0.3, 0.4) is 0 Å². The fraction of sp³-hybridized carbons (Fsp3) is 0. The standard InChI is InChI=1S/C7H5Br2N3S/c8-4-2-1-3(13-4)5-6(9)12-7(10)11-5/h1-2H,(H3,10,11,12). The minimum absolute atomic E-state index is 0.423. The van der Waals surface area contributed by atoms with Crippen molar-refractivity contribution >= 4 is 49.1 Å². The van der Waals surface area contributed by atoms with Crippen molar-refractivity contribution in [2.45, 2.75) is 0 Å². The van der Waals surface area contributed by atoms with E-state index in [4.69, 9.17) is 5.73 Å². The molecule has 2 aromatic rings. The van der Waals surface area contributed by atoms with Gasteiger partial charge in [0.15, 0.2) is 5.95 Å². The molecule has 0 radical (unpaired) electrons. The van der Waals surface area contributed by atoms with Crippen molar-refractivity contribution in [3.8, 4) is 10.6 Å². The molecule has 0 atom stereocenters. The Morgan fingerprint density at radius 2 is 2.15 bits per heavy atom. The van der Waals surface area contributed by atoms with Crippen LogP contribution in [0.5, 0.6) is 0 Å². The Balaban J connectivity index is 2.51. The normalized spacial score (nSPS) is 10.6. The summed E-state index contributed by atoms with van der Waals surface area (Å²) in [5.41, 5.74) is 6.37. The van der Waals surface area contributed by atoms with Crippen LogP contribution in [0, 0.1) is 0 Å². The summed E-state index contributed by atoms with van der Waals surface area (Å²) in [5.74, 6) is 0.423. The highest BCUT2D eigenvalue weighted by molar-refractivity contribution is 9.11. The van der Waals surface area contributed by atoms with Crippen LogP contribution in [0.25, 0.3) is 10.6 Å². The van der Waals surface area contributed by atoms with E-state index in [2.05, 4.69) is 41.8 Å². The van der Waals surface area contributed by atoms with Gasteiger partial charge in [-0.2, -0.15) is 0 Å². The number of nitrogen functional groups attached to an aromatic ring is 1. The van der Waals surface area contributed by atoms with Crippen molar-refractivity contribution in [3.63, 3.8) is 0 Å². The number of aromatic amines is 1. The van der Waals surface area contributed by atoms with E-state index in [1.807, 2.05) is 12.1 Å². The molecule has 0 spiro atoms. The molecule has 0 unspecified atom stereocenters. The molecule has 0 fully saturated rings. The lowest BCUT2D eigenvalue weighted by molar-refractivity contribution is 1.31. The summed E-state index contributed by atoms with van der Waals surface area (Å²) in [6.07, 6.45) is 0. The Morgan fingerprint density at radius 3 is 2.62 bits per heavy atom. The van der Waals surface area contributed by atoms with Gasteiger partial charge in [-0.3, -0.25) is 0 Å². The van der Waals surface area contributed by atoms with Crippen LogP contribution >= 0.6 is 43.2 Å². The van der Waals surface area contributed by atoms with E-state index in [9.17, 15) is 0 Å². The summed E-state index contributed by atoms with van der Waals surface area (Å²) >= 11 is 8.37. The first kappa shape index (κ1) is 9.23. The third kappa shape index (κ3) is 1.79. The Morgan fingerprint density at radius 1 is 1.38 bits per heavy atom. The third-order valence-corrected chi connectivity index (χ3v) is 3.69. The predicted molar refractivity (Wildman–Crippen MR) is 61.7 cm³/mol. The van der Waals surface area contributed by atoms with Gasteiger partial charge in [-0.05, 0) is 44.0 Å². The van der Waals surface area contributed by atoms with Crippen molar-refractivity contribution in [2.24, 2.45) is 0 Å². The van der Waals surface area contributed by atoms with Gasteiger partial charge in [0.25, 0.3) is 0 Å². The lowest BCUT2D eigenvalue weighted by atomic mass is 10.4. The molecule has 0 aliphatic rings. The van der Waals surface area contributed by atoms with Crippen molar-refractivity contribution in [3.05, 3.63) is 20.5 Å². The number of anilines is 1. The molecule has 2 aromatic heterocycles. The molecule has 6 heteroatoms. The molecular formula is C7H5Br2N3S. The van der Waals surface area contributed by atoms with Crippen molar-refractivity contribution in [1.82, 2.24) is 9.97 Å². The summed E-state index contributed by atoms with van der Waals surface area (Å²) in [7, 11) is 0. The zero-order chi connectivity index (χ0) is 9.42. The topological polar surface area (TPSA) is 54.7 Å². The average molecular weight is 323 g/mol. The van der Waals surface area contributed by atoms with Gasteiger partial charge in [-0.25, -0.2) is 4.98 Å². The first-order chi connectivity index (χ1) is 6.16. The van der Waals surface area contributed by atoms with E-state index < -0.39 is 0 Å². The lowest BCUT2D eigenvalue weighted by Gasteiger charge is -1.88. The molecule has 3 nitrogen and oxygen atoms in total. The maximum absolute atomic E-state index is 5.52. The number of nitrogens with zero attached hydrogens (tertiary/aromatic N) is 1. The molecule has 0 aliphatic heterocycles. The summed E-state index contributed by atoms with van der Waals surface area (Å²) < 4.78 is 1.90. The summed E-state index contributed by atoms with van der Waals surface area (Å²) in [6.45, 7) is 0. The van der Waals surface area contributed by atoms with Gasteiger partial charge in [-0.15, -0.1) is 11.3 Å². The van der Waals surface area contributed by atoms with E-state index in [1.165, 1.54) is 0 Å². The van der Waals surface area contributed by atoms with Gasteiger partial charge in [0.1, 0.15) is 10.3 Å². The first-order valence-corrected chi connectivity index (χ1v) is 5.84. The molecule has 3 N–H and O–H groups in total. The second-order valence-corrected chi connectivity index (χ2v) is 5.64. The number of hydrogen-bond donors (Lipinski definition) is 2. The highest BCUT2D eigenvalue weighted by atomic mass is 79.9. The van der Waals surface area contributed by atoms with Gasteiger partial charge in [0, 0.05) is 0 Å². The Kier molecular flexibility index (Phi) is 2.44. The minimum Gasteiger partial charge on any atom is -0.369 e. The summed E-state index contributed by atoms with van der Waals surface area (Å²) in [6, 6.07) is 3.98. The highest BCUT2D eigenvalue weighted by Gasteiger charge is 2.10. The molecule has 0 saturated carbocycles. The van der Waals surface area contributed by atoms with Gasteiger partial charge >= 0.3 is 0 Å². The Hall–Kier alpha value is -0.330. The largest absolute Gasteiger partial charge is 0.369 e. The second-order valence-electron chi connectivity index (χ2n) is 2.39. The Labute approximate surface area is 95.6 Å². The molecule has 0 saturated heterocycles. The van der Waals surface area contributed by atoms with Gasteiger partial charge in [0.05, 0.1) is 8.66 Å². The zero-order valence-corrected chi connectivity index (χ0v) is 10.3. The van der Waals surface area contributed by atoms with Crippen LogP contribution in [0.4, 0.5) is 5.95 Å². The first-order valence-electron chi connectivity index (χ1n) is 3.43. The van der Waals surface area contributed by atoms with Crippen LogP contribution in [-0.4, -0.2) is 9.97 Å². The minimum atomic E-state index is 0.423. The van der Waals surface area contributed by atoms with Gasteiger partial charge in [0.2, 0.25) is 0 Å². The predicted octanol–water partition coefficient (Wildman–Crippen LogP) is 3.25. The van der Waals surface area contributed by atoms with E-state index >= 15 is 0 Å². The van der Waals surface area contributed by atoms with Gasteiger partial charge < -0.3 is 10.7 Å². The van der Waals surface area contributed by atoms with Crippen molar-refractivity contribution < 1.29 is 0 Å². The number of thiophene rings is 1. The molecule has 0 aliphatic carbocycles. The van der Waals surface area contributed by atoms with Crippen molar-refractivity contribution in [2.75, 3.05) is 5.73 Å². The molecule has 0 bridgehead atoms. The lowest BCUT2D eigenvalue weighted by Crippen LogP contribution is -1.84. The van der Waals surface area contributed by atoms with E-state index in [1.54, 1.807) is 11.3 Å². The van der Waals surface area contributed by atoms with Crippen LogP contribution in [0.15, 0.2) is 20.5 Å². The fourth-order valence-corrected chi connectivity index (χ4v) is 2.99. The zero-order valence-electron chi connectivity index (χ0n) is 6.34. The average Bonchev–Trinajstić information content (AvgIpc) is 2.58. The van der Waals surface area contributed by atoms with Crippen molar-refractivity contribution in [1.29, 1.82) is 0 Å². The summed E-state index contributed by atoms with van der Waals surface area (Å²) in [5, 5.41) is 0. The smallest absolute Gasteiger partial charge is 0.198 e. The molecule has 2 rings (SSSR count). The number of nitrogens with one attached hydrogen (secondary N) is 1. The monoisotopic (exact) mass is 321 g/mol. The number of rotatable bonds is 1. The second kappa shape index (κ2) is 3.43. The van der Waals surface area contributed by atoms with Crippen LogP contribution < -0.4 is 5.73 Å². The third-order valence-electron chi connectivity index (χ3n) is 1.48. The molecule has 0 amide bonds. The van der Waals surface area contributed by atoms with Crippen LogP contribution in [0.1, 0.15) is 0 Å².